The minimum absolute atomic E-state index is 0.509. The van der Waals surface area contributed by atoms with Crippen LogP contribution in [0.1, 0.15) is 72.2 Å². The van der Waals surface area contributed by atoms with Gasteiger partial charge in [-0.2, -0.15) is 0 Å². The molecule has 3 aliphatic rings. The van der Waals surface area contributed by atoms with E-state index in [0.29, 0.717) is 0 Å². The third-order valence-electron chi connectivity index (χ3n) is 13.0. The van der Waals surface area contributed by atoms with E-state index >= 15 is 0 Å². The summed E-state index contributed by atoms with van der Waals surface area (Å²) in [6, 6.07) is 56.0. The largest absolute Gasteiger partial charge is 0.456 e. The molecule has 7 aromatic carbocycles. The molecule has 259 valence electrons. The lowest BCUT2D eigenvalue weighted by Gasteiger charge is -2.49. The monoisotopic (exact) mass is 697 g/mol. The SMILES string of the molecule is CC(C)(O)C(C)(C)O[B]c1ccc2c(c1)C1(c3ccccc3C3(c4ccccc4-c4ccccc43)c3ccccc31)c1ccc3oc4ccccc4c3c1-2. The minimum Gasteiger partial charge on any atom is -0.456 e. The van der Waals surface area contributed by atoms with Crippen LogP contribution in [0.15, 0.2) is 156 Å². The summed E-state index contributed by atoms with van der Waals surface area (Å²) in [7, 11) is 1.82. The van der Waals surface area contributed by atoms with E-state index in [0.717, 1.165) is 27.4 Å². The fraction of sp³-hybridized carbons (Fsp3) is 0.160. The van der Waals surface area contributed by atoms with Crippen molar-refractivity contribution in [3.63, 3.8) is 0 Å². The molecule has 54 heavy (non-hydrogen) atoms. The van der Waals surface area contributed by atoms with Crippen LogP contribution in [-0.4, -0.2) is 23.8 Å². The molecule has 1 N–H and O–H groups in total. The third-order valence-corrected chi connectivity index (χ3v) is 13.0. The molecule has 0 saturated heterocycles. The van der Waals surface area contributed by atoms with Gasteiger partial charge in [0.25, 0.3) is 0 Å². The number of aliphatic hydroxyl groups is 1. The quantitative estimate of drug-likeness (QED) is 0.186. The van der Waals surface area contributed by atoms with Crippen LogP contribution < -0.4 is 5.46 Å². The smallest absolute Gasteiger partial charge is 0.330 e. The van der Waals surface area contributed by atoms with Gasteiger partial charge >= 0.3 is 7.48 Å². The topological polar surface area (TPSA) is 42.6 Å². The summed E-state index contributed by atoms with van der Waals surface area (Å²) >= 11 is 0. The highest BCUT2D eigenvalue weighted by molar-refractivity contribution is 6.47. The molecular formula is C50H38BO3. The van der Waals surface area contributed by atoms with E-state index in [9.17, 15) is 5.11 Å². The van der Waals surface area contributed by atoms with Crippen molar-refractivity contribution in [3.8, 4) is 22.3 Å². The number of benzene rings is 7. The number of para-hydroxylation sites is 1. The molecule has 3 aliphatic carbocycles. The molecule has 0 fully saturated rings. The van der Waals surface area contributed by atoms with Gasteiger partial charge < -0.3 is 14.2 Å². The molecule has 1 aromatic heterocycles. The van der Waals surface area contributed by atoms with Gasteiger partial charge in [-0.25, -0.2) is 0 Å². The molecule has 2 spiro atoms. The maximum Gasteiger partial charge on any atom is 0.330 e. The van der Waals surface area contributed by atoms with Crippen molar-refractivity contribution in [3.05, 3.63) is 196 Å². The zero-order valence-electron chi connectivity index (χ0n) is 30.8. The zero-order valence-corrected chi connectivity index (χ0v) is 30.8. The highest BCUT2D eigenvalue weighted by Crippen LogP contribution is 2.68. The van der Waals surface area contributed by atoms with E-state index in [1.54, 1.807) is 13.8 Å². The summed E-state index contributed by atoms with van der Waals surface area (Å²) in [5, 5.41) is 13.2. The lowest BCUT2D eigenvalue weighted by molar-refractivity contribution is -0.0893. The van der Waals surface area contributed by atoms with Crippen LogP contribution in [0, 0.1) is 0 Å². The van der Waals surface area contributed by atoms with Crippen LogP contribution >= 0.6 is 0 Å². The van der Waals surface area contributed by atoms with Crippen molar-refractivity contribution in [2.24, 2.45) is 0 Å². The van der Waals surface area contributed by atoms with Crippen molar-refractivity contribution in [1.82, 2.24) is 0 Å². The normalized spacial score (nSPS) is 15.5. The van der Waals surface area contributed by atoms with E-state index in [1.165, 1.54) is 66.8 Å². The van der Waals surface area contributed by atoms with Gasteiger partial charge in [0, 0.05) is 10.8 Å². The maximum absolute atomic E-state index is 11.0. The Kier molecular flexibility index (Phi) is 6.32. The Bertz CT molecular complexity index is 2770. The molecule has 0 amide bonds. The van der Waals surface area contributed by atoms with E-state index in [4.69, 9.17) is 9.07 Å². The van der Waals surface area contributed by atoms with Gasteiger partial charge in [0.05, 0.1) is 22.0 Å². The molecule has 11 rings (SSSR count). The number of furan rings is 1. The molecule has 1 heterocycles. The van der Waals surface area contributed by atoms with Gasteiger partial charge in [-0.05, 0) is 107 Å². The molecular weight excluding hydrogens is 659 g/mol. The van der Waals surface area contributed by atoms with Crippen LogP contribution in [0.3, 0.4) is 0 Å². The molecule has 0 bridgehead atoms. The standard InChI is InChI=1S/C50H38BO3/c1-47(2,52)48(3,4)54-51-30-25-26-33-42(29-30)50(41-27-28-44-46(45(33)41)34-17-7-14-24-43(34)53-44)39-22-12-10-20-37(39)49(38-21-11-13-23-40(38)50)35-18-8-5-15-31(35)32-16-6-9-19-36(32)49/h5-29,52H,1-4H3. The first kappa shape index (κ1) is 31.8. The second-order valence-electron chi connectivity index (χ2n) is 16.3. The van der Waals surface area contributed by atoms with Crippen molar-refractivity contribution >= 4 is 34.9 Å². The van der Waals surface area contributed by atoms with Gasteiger partial charge in [0.2, 0.25) is 0 Å². The second kappa shape index (κ2) is 10.7. The summed E-state index contributed by atoms with van der Waals surface area (Å²) in [5.74, 6) is 0. The molecule has 3 nitrogen and oxygen atoms in total. The molecule has 1 radical (unpaired) electrons. The fourth-order valence-electron chi connectivity index (χ4n) is 10.0. The Morgan fingerprint density at radius 2 is 1.02 bits per heavy atom. The Balaban J connectivity index is 1.28. The van der Waals surface area contributed by atoms with Crippen molar-refractivity contribution < 1.29 is 14.2 Å². The average Bonchev–Trinajstić information content (AvgIpc) is 3.81. The highest BCUT2D eigenvalue weighted by atomic mass is 16.5. The van der Waals surface area contributed by atoms with Gasteiger partial charge in [-0.1, -0.05) is 145 Å². The zero-order chi connectivity index (χ0) is 36.6. The lowest BCUT2D eigenvalue weighted by Crippen LogP contribution is -2.49. The van der Waals surface area contributed by atoms with Crippen LogP contribution in [0.4, 0.5) is 0 Å². The van der Waals surface area contributed by atoms with Gasteiger partial charge in [-0.15, -0.1) is 0 Å². The summed E-state index contributed by atoms with van der Waals surface area (Å²) in [6.07, 6.45) is 0. The van der Waals surface area contributed by atoms with Crippen LogP contribution in [0.5, 0.6) is 0 Å². The third kappa shape index (κ3) is 3.80. The van der Waals surface area contributed by atoms with Gasteiger partial charge in [0.15, 0.2) is 0 Å². The number of hydrogen-bond donors (Lipinski definition) is 1. The Hall–Kier alpha value is -5.68. The molecule has 0 aliphatic heterocycles. The average molecular weight is 698 g/mol. The summed E-state index contributed by atoms with van der Waals surface area (Å²) < 4.78 is 13.0. The van der Waals surface area contributed by atoms with Crippen molar-refractivity contribution in [2.45, 2.75) is 49.7 Å². The molecule has 0 unspecified atom stereocenters. The van der Waals surface area contributed by atoms with Crippen molar-refractivity contribution in [1.29, 1.82) is 0 Å². The number of rotatable bonds is 4. The van der Waals surface area contributed by atoms with E-state index < -0.39 is 22.0 Å². The molecule has 0 saturated carbocycles. The first-order valence-corrected chi connectivity index (χ1v) is 18.9. The van der Waals surface area contributed by atoms with Gasteiger partial charge in [-0.3, -0.25) is 0 Å². The Morgan fingerprint density at radius 3 is 1.61 bits per heavy atom. The second-order valence-corrected chi connectivity index (χ2v) is 16.3. The maximum atomic E-state index is 11.0. The van der Waals surface area contributed by atoms with Gasteiger partial charge in [0.1, 0.15) is 11.2 Å². The van der Waals surface area contributed by atoms with E-state index in [1.807, 2.05) is 27.4 Å². The molecule has 4 heteroatoms. The summed E-state index contributed by atoms with van der Waals surface area (Å²) in [6.45, 7) is 7.44. The number of fused-ring (bicyclic) bond motifs is 20. The van der Waals surface area contributed by atoms with Crippen LogP contribution in [-0.2, 0) is 15.5 Å². The number of hydrogen-bond acceptors (Lipinski definition) is 3. The summed E-state index contributed by atoms with van der Waals surface area (Å²) in [5.41, 5.74) is 14.9. The molecule has 0 atom stereocenters. The Labute approximate surface area is 316 Å². The predicted molar refractivity (Wildman–Crippen MR) is 219 cm³/mol. The highest BCUT2D eigenvalue weighted by Gasteiger charge is 2.59. The van der Waals surface area contributed by atoms with E-state index in [2.05, 4.69) is 146 Å². The van der Waals surface area contributed by atoms with Crippen LogP contribution in [0.2, 0.25) is 0 Å². The minimum atomic E-state index is -1.05. The first-order chi connectivity index (χ1) is 26.2. The summed E-state index contributed by atoms with van der Waals surface area (Å²) in [4.78, 5) is 0. The van der Waals surface area contributed by atoms with E-state index in [-0.39, 0.29) is 0 Å². The fourth-order valence-corrected chi connectivity index (χ4v) is 10.0. The first-order valence-electron chi connectivity index (χ1n) is 18.9. The Morgan fingerprint density at radius 1 is 0.500 bits per heavy atom. The van der Waals surface area contributed by atoms with Crippen molar-refractivity contribution in [2.75, 3.05) is 0 Å². The molecule has 8 aromatic rings. The lowest BCUT2D eigenvalue weighted by atomic mass is 9.52. The van der Waals surface area contributed by atoms with Crippen LogP contribution in [0.25, 0.3) is 44.2 Å². The predicted octanol–water partition coefficient (Wildman–Crippen LogP) is 10.4.